The summed E-state index contributed by atoms with van der Waals surface area (Å²) >= 11 is 0. The molecule has 0 unspecified atom stereocenters. The number of para-hydroxylation sites is 4. The number of fused-ring (bicyclic) bond motifs is 12. The van der Waals surface area contributed by atoms with Crippen LogP contribution >= 0.6 is 0 Å². The van der Waals surface area contributed by atoms with E-state index in [-0.39, 0.29) is 0 Å². The third-order valence-electron chi connectivity index (χ3n) is 12.0. The second kappa shape index (κ2) is 11.4. The van der Waals surface area contributed by atoms with Crippen molar-refractivity contribution in [3.05, 3.63) is 194 Å². The van der Waals surface area contributed by atoms with Gasteiger partial charge in [-0.25, -0.2) is 0 Å². The molecule has 13 aromatic rings. The molecule has 0 saturated carbocycles. The molecule has 5 nitrogen and oxygen atoms in total. The molecule has 0 aliphatic rings. The van der Waals surface area contributed by atoms with E-state index in [0.29, 0.717) is 0 Å². The molecule has 5 aromatic heterocycles. The fraction of sp³-hybridized carbons (Fsp3) is 0. The molecule has 0 N–H and O–H groups in total. The van der Waals surface area contributed by atoms with Gasteiger partial charge in [-0.3, -0.25) is 0 Å². The van der Waals surface area contributed by atoms with E-state index >= 15 is 0 Å². The summed E-state index contributed by atoms with van der Waals surface area (Å²) in [5.41, 5.74) is 13.4. The van der Waals surface area contributed by atoms with E-state index in [1.807, 2.05) is 12.1 Å². The molecule has 0 amide bonds. The number of aromatic nitrogens is 4. The topological polar surface area (TPSA) is 32.9 Å². The maximum Gasteiger partial charge on any atom is 0.137 e. The van der Waals surface area contributed by atoms with Crippen LogP contribution < -0.4 is 0 Å². The smallest absolute Gasteiger partial charge is 0.137 e. The zero-order valence-electron chi connectivity index (χ0n) is 30.7. The largest absolute Gasteiger partial charge is 0.456 e. The average molecular weight is 729 g/mol. The molecule has 57 heavy (non-hydrogen) atoms. The molecule has 0 spiro atoms. The van der Waals surface area contributed by atoms with Crippen LogP contribution in [0.15, 0.2) is 199 Å². The molecule has 5 heteroatoms. The molecule has 0 radical (unpaired) electrons. The van der Waals surface area contributed by atoms with Gasteiger partial charge in [0.05, 0.1) is 33.1 Å². The first kappa shape index (κ1) is 30.6. The van der Waals surface area contributed by atoms with Crippen LogP contribution in [0.4, 0.5) is 0 Å². The lowest BCUT2D eigenvalue weighted by Crippen LogP contribution is -1.97. The maximum absolute atomic E-state index is 6.35. The molecule has 8 aromatic carbocycles. The van der Waals surface area contributed by atoms with Gasteiger partial charge >= 0.3 is 0 Å². The molecular weight excluding hydrogens is 697 g/mol. The van der Waals surface area contributed by atoms with Crippen LogP contribution in [0.1, 0.15) is 0 Å². The van der Waals surface area contributed by atoms with Gasteiger partial charge in [-0.05, 0) is 97.1 Å². The Labute approximate surface area is 326 Å². The summed E-state index contributed by atoms with van der Waals surface area (Å²) < 4.78 is 15.7. The van der Waals surface area contributed by atoms with Crippen LogP contribution in [0, 0.1) is 0 Å². The first-order valence-corrected chi connectivity index (χ1v) is 19.4. The molecule has 0 atom stereocenters. The van der Waals surface area contributed by atoms with Gasteiger partial charge in [0.15, 0.2) is 0 Å². The number of furan rings is 1. The summed E-state index contributed by atoms with van der Waals surface area (Å²) in [6.07, 6.45) is 4.39. The van der Waals surface area contributed by atoms with Crippen LogP contribution in [0.5, 0.6) is 0 Å². The highest BCUT2D eigenvalue weighted by molar-refractivity contribution is 6.17. The monoisotopic (exact) mass is 728 g/mol. The fourth-order valence-electron chi connectivity index (χ4n) is 9.48. The number of benzene rings is 8. The van der Waals surface area contributed by atoms with E-state index in [2.05, 4.69) is 201 Å². The minimum Gasteiger partial charge on any atom is -0.456 e. The second-order valence-electron chi connectivity index (χ2n) is 15.0. The van der Waals surface area contributed by atoms with Crippen LogP contribution in [0.2, 0.25) is 0 Å². The molecule has 266 valence electrons. The zero-order valence-corrected chi connectivity index (χ0v) is 30.7. The average Bonchev–Trinajstić information content (AvgIpc) is 4.09. The van der Waals surface area contributed by atoms with Crippen molar-refractivity contribution in [1.29, 1.82) is 0 Å². The summed E-state index contributed by atoms with van der Waals surface area (Å²) in [5.74, 6) is 0. The summed E-state index contributed by atoms with van der Waals surface area (Å²) in [6, 6.07) is 65.6. The minimum absolute atomic E-state index is 0.901. The lowest BCUT2D eigenvalue weighted by molar-refractivity contribution is 0.669. The SMILES string of the molecule is c1ccc2c(c1)oc1cc3c(cc12)c1ccccc1n3-c1ccc(-n2ccc3c2ccc2ccn(-c4ccc(-n5c6ccccc6c6ccccc65)cc4)c23)cc1. The lowest BCUT2D eigenvalue weighted by Gasteiger charge is -2.12. The predicted molar refractivity (Wildman–Crippen MR) is 236 cm³/mol. The molecule has 0 aliphatic carbocycles. The molecule has 13 rings (SSSR count). The summed E-state index contributed by atoms with van der Waals surface area (Å²) in [7, 11) is 0. The van der Waals surface area contributed by atoms with Gasteiger partial charge in [0.25, 0.3) is 0 Å². The summed E-state index contributed by atoms with van der Waals surface area (Å²) in [6.45, 7) is 0. The van der Waals surface area contributed by atoms with Crippen LogP contribution in [0.25, 0.3) is 110 Å². The highest BCUT2D eigenvalue weighted by Gasteiger charge is 2.18. The first-order valence-electron chi connectivity index (χ1n) is 19.4. The van der Waals surface area contributed by atoms with Crippen LogP contribution in [0.3, 0.4) is 0 Å². The Balaban J connectivity index is 0.895. The van der Waals surface area contributed by atoms with Gasteiger partial charge < -0.3 is 22.7 Å². The molecule has 0 aliphatic heterocycles. The van der Waals surface area contributed by atoms with Gasteiger partial charge in [0.1, 0.15) is 11.2 Å². The van der Waals surface area contributed by atoms with Gasteiger partial charge in [0.2, 0.25) is 0 Å². The van der Waals surface area contributed by atoms with E-state index in [1.165, 1.54) is 59.9 Å². The third kappa shape index (κ3) is 4.28. The Morgan fingerprint density at radius 1 is 0.298 bits per heavy atom. The van der Waals surface area contributed by atoms with Crippen LogP contribution in [-0.2, 0) is 0 Å². The Morgan fingerprint density at radius 3 is 1.49 bits per heavy atom. The van der Waals surface area contributed by atoms with Crippen LogP contribution in [-0.4, -0.2) is 18.3 Å². The van der Waals surface area contributed by atoms with Crippen molar-refractivity contribution in [2.75, 3.05) is 0 Å². The standard InChI is InChI=1S/C52H32N4O/c1-5-13-46-38(9-1)39-10-2-6-14-47(39)55(46)36-24-20-35(21-25-36)54-29-27-33-17-26-45-42(52(33)54)28-30-53(45)34-18-22-37(23-19-34)56-48-15-7-3-11-40(48)43-31-44-41-12-4-8-16-50(41)57-51(44)32-49(43)56/h1-32H. The van der Waals surface area contributed by atoms with E-state index in [4.69, 9.17) is 4.42 Å². The Hall–Kier alpha value is -7.76. The zero-order chi connectivity index (χ0) is 37.2. The quantitative estimate of drug-likeness (QED) is 0.178. The highest BCUT2D eigenvalue weighted by atomic mass is 16.3. The third-order valence-corrected chi connectivity index (χ3v) is 12.0. The molecule has 5 heterocycles. The van der Waals surface area contributed by atoms with Gasteiger partial charge in [-0.1, -0.05) is 78.9 Å². The van der Waals surface area contributed by atoms with Crippen molar-refractivity contribution in [2.24, 2.45) is 0 Å². The lowest BCUT2D eigenvalue weighted by atomic mass is 10.1. The van der Waals surface area contributed by atoms with Gasteiger partial charge in [0, 0.05) is 84.3 Å². The Morgan fingerprint density at radius 2 is 0.825 bits per heavy atom. The Bertz CT molecular complexity index is 3680. The molecule has 0 bridgehead atoms. The van der Waals surface area contributed by atoms with E-state index < -0.39 is 0 Å². The first-order chi connectivity index (χ1) is 28.3. The van der Waals surface area contributed by atoms with E-state index in [0.717, 1.165) is 50.2 Å². The Kier molecular flexibility index (Phi) is 6.10. The van der Waals surface area contributed by atoms with Crippen molar-refractivity contribution >= 4 is 87.4 Å². The van der Waals surface area contributed by atoms with Crippen molar-refractivity contribution < 1.29 is 4.42 Å². The number of hydrogen-bond acceptors (Lipinski definition) is 1. The summed E-state index contributed by atoms with van der Waals surface area (Å²) in [5, 5.41) is 9.71. The molecular formula is C52H32N4O. The fourth-order valence-corrected chi connectivity index (χ4v) is 9.48. The van der Waals surface area contributed by atoms with Crippen molar-refractivity contribution in [3.63, 3.8) is 0 Å². The highest BCUT2D eigenvalue weighted by Crippen LogP contribution is 2.39. The number of rotatable bonds is 4. The van der Waals surface area contributed by atoms with Crippen molar-refractivity contribution in [1.82, 2.24) is 18.3 Å². The second-order valence-corrected chi connectivity index (χ2v) is 15.0. The van der Waals surface area contributed by atoms with E-state index in [1.54, 1.807) is 0 Å². The summed E-state index contributed by atoms with van der Waals surface area (Å²) in [4.78, 5) is 0. The normalized spacial score (nSPS) is 12.2. The van der Waals surface area contributed by atoms with E-state index in [9.17, 15) is 0 Å². The minimum atomic E-state index is 0.901. The van der Waals surface area contributed by atoms with Crippen molar-refractivity contribution in [3.8, 4) is 22.7 Å². The maximum atomic E-state index is 6.35. The van der Waals surface area contributed by atoms with Gasteiger partial charge in [-0.2, -0.15) is 0 Å². The van der Waals surface area contributed by atoms with Gasteiger partial charge in [-0.15, -0.1) is 0 Å². The molecule has 0 fully saturated rings. The van der Waals surface area contributed by atoms with Crippen molar-refractivity contribution in [2.45, 2.75) is 0 Å². The number of nitrogens with zero attached hydrogens (tertiary/aromatic N) is 4. The number of hydrogen-bond donors (Lipinski definition) is 0. The molecule has 0 saturated heterocycles. The predicted octanol–water partition coefficient (Wildman–Crippen LogP) is 13.7.